The summed E-state index contributed by atoms with van der Waals surface area (Å²) in [5, 5.41) is 26.8. The van der Waals surface area contributed by atoms with Crippen LogP contribution < -0.4 is 45.4 Å². The number of nitrogens with one attached hydrogen (secondary N) is 4. The van der Waals surface area contributed by atoms with E-state index in [9.17, 15) is 49.1 Å². The van der Waals surface area contributed by atoms with Crippen LogP contribution in [0.4, 0.5) is 39.5 Å². The molecule has 5 aromatic carbocycles. The second-order valence-corrected chi connectivity index (χ2v) is 20.5. The zero-order chi connectivity index (χ0) is 70.8. The lowest BCUT2D eigenvalue weighted by Crippen LogP contribution is -2.27. The summed E-state index contributed by atoms with van der Waals surface area (Å²) in [6, 6.07) is 22.9. The van der Waals surface area contributed by atoms with Crippen LogP contribution >= 0.6 is 82.0 Å². The molecule has 0 radical (unpaired) electrons. The van der Waals surface area contributed by atoms with E-state index >= 15 is 0 Å². The highest BCUT2D eigenvalue weighted by Gasteiger charge is 2.33. The van der Waals surface area contributed by atoms with Gasteiger partial charge in [0.05, 0.1) is 54.7 Å². The van der Waals surface area contributed by atoms with Gasteiger partial charge in [0.2, 0.25) is 6.41 Å². The molecular weight excluding hydrogens is 1400 g/mol. The molecule has 0 saturated heterocycles. The maximum absolute atomic E-state index is 12.3. The Balaban J connectivity index is 0.000000569. The van der Waals surface area contributed by atoms with Gasteiger partial charge in [-0.2, -0.15) is 15.5 Å². The lowest BCUT2D eigenvalue weighted by atomic mass is 10.2. The second-order valence-electron chi connectivity index (χ2n) is 17.1. The fraction of sp³-hybridized carbons (Fsp3) is 0.214. The number of alkyl halides is 9. The number of ether oxygens (including phenoxy) is 7. The van der Waals surface area contributed by atoms with E-state index in [1.54, 1.807) is 76.6 Å². The van der Waals surface area contributed by atoms with Crippen molar-refractivity contribution in [3.05, 3.63) is 152 Å². The van der Waals surface area contributed by atoms with Crippen LogP contribution in [0, 0.1) is 29.1 Å². The Morgan fingerprint density at radius 2 is 1.13 bits per heavy atom. The number of carbonyl (C=O) groups excluding carboxylic acids is 3. The van der Waals surface area contributed by atoms with Gasteiger partial charge in [-0.1, -0.05) is 70.2 Å². The Morgan fingerprint density at radius 1 is 0.699 bits per heavy atom. The SMILES string of the molecule is C#CC(=O)OC(C)C.CC(C)OC(=O)/C=C\[n+]1cnc(-c2cc(Cl)cc(OC(F)(F)F)c2)[nH]1.COc1cc(Cl)cc(C#N)c1.COc1cc(Cl)cc(C(=N)SC)c1.FC(F)(F)Oc1cc(Cl)cc(-c2ncn[nH]2)c1.NC(=S)c1cc(Cl)cc(OC(F)(F)F)c1.NNC=O. The van der Waals surface area contributed by atoms with Crippen LogP contribution in [0.15, 0.2) is 110 Å². The van der Waals surface area contributed by atoms with Crippen molar-refractivity contribution in [2.75, 3.05) is 20.5 Å². The third-order valence-corrected chi connectivity index (χ3v) is 11.1. The number of hydrogen-bond donors (Lipinski definition) is 6. The molecule has 93 heavy (non-hydrogen) atoms. The normalized spacial score (nSPS) is 10.5. The van der Waals surface area contributed by atoms with Gasteiger partial charge in [-0.3, -0.25) is 20.7 Å². The number of hydrogen-bond acceptors (Lipinski definition) is 18. The molecule has 0 spiro atoms. The molecule has 1 amide bonds. The maximum atomic E-state index is 12.3. The van der Waals surface area contributed by atoms with E-state index in [4.69, 9.17) is 99.8 Å². The molecule has 0 saturated carbocycles. The van der Waals surface area contributed by atoms with Crippen LogP contribution in [0.1, 0.15) is 44.4 Å². The number of terminal acetylenes is 1. The van der Waals surface area contributed by atoms with E-state index in [1.165, 1.54) is 72.7 Å². The van der Waals surface area contributed by atoms with E-state index in [-0.39, 0.29) is 49.2 Å². The number of H-pyrrole nitrogens is 2. The number of thiocarbonyl (C=S) groups is 1. The summed E-state index contributed by atoms with van der Waals surface area (Å²) < 4.78 is 141. The summed E-state index contributed by atoms with van der Waals surface area (Å²) in [6.45, 7) is 6.92. The molecule has 0 bridgehead atoms. The van der Waals surface area contributed by atoms with Crippen molar-refractivity contribution in [2.24, 2.45) is 11.6 Å². The van der Waals surface area contributed by atoms with E-state index in [0.717, 1.165) is 35.9 Å². The van der Waals surface area contributed by atoms with Gasteiger partial charge in [0.25, 0.3) is 5.82 Å². The third-order valence-electron chi connectivity index (χ3n) is 9.17. The van der Waals surface area contributed by atoms with Gasteiger partial charge < -0.3 is 38.9 Å². The first-order valence-corrected chi connectivity index (χ1v) is 28.4. The molecule has 0 fully saturated rings. The number of nitrogens with zero attached hydrogens (tertiary/aromatic N) is 5. The lowest BCUT2D eigenvalue weighted by Gasteiger charge is -2.10. The van der Waals surface area contributed by atoms with Crippen LogP contribution in [-0.4, -0.2) is 105 Å². The van der Waals surface area contributed by atoms with Crippen molar-refractivity contribution < 1.29 is 91.7 Å². The first-order valence-electron chi connectivity index (χ1n) is 24.8. The van der Waals surface area contributed by atoms with Gasteiger partial charge in [-0.25, -0.2) is 20.4 Å². The Hall–Kier alpha value is -8.73. The van der Waals surface area contributed by atoms with Crippen LogP contribution in [-0.2, 0) is 23.9 Å². The van der Waals surface area contributed by atoms with Crippen molar-refractivity contribution in [3.8, 4) is 69.9 Å². The molecule has 0 aliphatic heterocycles. The van der Waals surface area contributed by atoms with Gasteiger partial charge in [-0.05, 0) is 130 Å². The molecule has 0 unspecified atom stereocenters. The van der Waals surface area contributed by atoms with Gasteiger partial charge in [-0.15, -0.1) is 62.4 Å². The number of halogens is 14. The van der Waals surface area contributed by atoms with Crippen molar-refractivity contribution in [1.82, 2.24) is 30.7 Å². The molecule has 7 rings (SSSR count). The first kappa shape index (κ1) is 82.3. The molecule has 2 aromatic heterocycles. The molecule has 0 aliphatic carbocycles. The average Bonchev–Trinajstić information content (AvgIpc) is 1.91. The molecule has 500 valence electrons. The summed E-state index contributed by atoms with van der Waals surface area (Å²) in [4.78, 5) is 38.3. The highest BCUT2D eigenvalue weighted by molar-refractivity contribution is 8.13. The average molecular weight is 1450 g/mol. The number of thioether (sulfide) groups is 1. The van der Waals surface area contributed by atoms with Gasteiger partial charge in [0, 0.05) is 47.7 Å². The number of carbonyl (C=O) groups is 3. The number of methoxy groups -OCH3 is 2. The second kappa shape index (κ2) is 41.0. The fourth-order valence-electron chi connectivity index (χ4n) is 5.88. The van der Waals surface area contributed by atoms with E-state index in [2.05, 4.69) is 62.3 Å². The third kappa shape index (κ3) is 36.8. The Labute approximate surface area is 559 Å². The van der Waals surface area contributed by atoms with E-state index < -0.39 is 48.3 Å². The van der Waals surface area contributed by atoms with E-state index in [1.807, 2.05) is 18.2 Å². The maximum Gasteiger partial charge on any atom is 0.573 e. The van der Waals surface area contributed by atoms with Gasteiger partial charge in [0.1, 0.15) is 46.3 Å². The molecule has 21 nitrogen and oxygen atoms in total. The van der Waals surface area contributed by atoms with Gasteiger partial charge >= 0.3 is 37.4 Å². The Bertz CT molecular complexity index is 3690. The monoisotopic (exact) mass is 1450 g/mol. The number of aromatic amines is 2. The largest absolute Gasteiger partial charge is 0.573 e. The predicted octanol–water partition coefficient (Wildman–Crippen LogP) is 13.7. The Morgan fingerprint density at radius 3 is 1.53 bits per heavy atom. The zero-order valence-electron chi connectivity index (χ0n) is 48.9. The van der Waals surface area contributed by atoms with Gasteiger partial charge in [0.15, 0.2) is 5.82 Å². The van der Waals surface area contributed by atoms with Crippen LogP contribution in [0.3, 0.4) is 0 Å². The molecule has 2 heterocycles. The van der Waals surface area contributed by atoms with Crippen molar-refractivity contribution in [3.63, 3.8) is 0 Å². The first-order chi connectivity index (χ1) is 43.3. The number of nitrogens with two attached hydrogens (primary N) is 2. The number of amides is 1. The molecule has 0 aliphatic rings. The molecule has 0 atom stereocenters. The molecule has 7 aromatic rings. The quantitative estimate of drug-likeness (QED) is 0.00470. The number of hydrazine groups is 1. The Kier molecular flexibility index (Phi) is 36.3. The number of esters is 2. The summed E-state index contributed by atoms with van der Waals surface area (Å²) in [5.74, 6) is 5.62. The summed E-state index contributed by atoms with van der Waals surface area (Å²) in [7, 11) is 3.12. The summed E-state index contributed by atoms with van der Waals surface area (Å²) in [6.07, 6.45) is -2.66. The molecular formula is C56H52Cl5F9N11O10S2+. The van der Waals surface area contributed by atoms with Crippen LogP contribution in [0.5, 0.6) is 28.7 Å². The molecule has 8 N–H and O–H groups in total. The minimum Gasteiger partial charge on any atom is -0.497 e. The number of aromatic nitrogens is 6. The van der Waals surface area contributed by atoms with Crippen LogP contribution in [0.2, 0.25) is 25.1 Å². The number of rotatable bonds is 14. The highest BCUT2D eigenvalue weighted by atomic mass is 35.5. The summed E-state index contributed by atoms with van der Waals surface area (Å²) in [5.41, 5.74) is 9.15. The zero-order valence-corrected chi connectivity index (χ0v) is 54.3. The van der Waals surface area contributed by atoms with Crippen LogP contribution in [0.25, 0.3) is 29.0 Å². The van der Waals surface area contributed by atoms with E-state index in [0.29, 0.717) is 49.9 Å². The number of nitriles is 1. The van der Waals surface area contributed by atoms with Crippen molar-refractivity contribution in [2.45, 2.75) is 59.0 Å². The lowest BCUT2D eigenvalue weighted by molar-refractivity contribution is -0.630. The highest BCUT2D eigenvalue weighted by Crippen LogP contribution is 2.33. The minimum atomic E-state index is -4.83. The minimum absolute atomic E-state index is 0.0514. The topological polar surface area (TPSA) is 302 Å². The molecule has 37 heteroatoms. The fourth-order valence-corrected chi connectivity index (χ4v) is 7.47. The summed E-state index contributed by atoms with van der Waals surface area (Å²) >= 11 is 34.6. The number of benzene rings is 5. The standard InChI is InChI=1S/C15H13ClF3N3O3.C9H5ClF3N3O.C9H10ClNOS.C8H5ClF3NOS.C8H6ClNO.C6H8O2.CH4N2O/c1-9(2)24-13(23)3-4-22-8-20-14(21-22)10-5-11(16)7-12(6-10)25-15(17,18)19;10-6-1-5(8-14-4-15-16-8)2-7(3-6)17-9(11,12)13;1-12-8-4-6(9(11)13-2)3-7(10)5-8;9-5-1-4(7(13)15)2-6(3-5)14-8(10,11)12;1-11-8-3-6(5-10)2-7(9)4-8;1-4-6(7)8-5(2)3;2-3-1-4/h3-9H,1-2H3;1-4H,(H,14,15,16);3-5,11H,1-2H3;1-3H,(H2,13,15);2-4H,1H3;1,5H,2-3H3;1H,2H2,(H,3,4)/p+1/b4-3-;;;;;;. The predicted molar refractivity (Wildman–Crippen MR) is 335 cm³/mol. The van der Waals surface area contributed by atoms with Crippen molar-refractivity contribution in [1.29, 1.82) is 10.7 Å². The smallest absolute Gasteiger partial charge is 0.497 e. The van der Waals surface area contributed by atoms with Crippen molar-refractivity contribution >= 4 is 117 Å².